The van der Waals surface area contributed by atoms with Crippen LogP contribution in [0.15, 0.2) is 30.3 Å². The topological polar surface area (TPSA) is 49.3 Å². The number of rotatable bonds is 4. The van der Waals surface area contributed by atoms with Crippen LogP contribution in [0.2, 0.25) is 0 Å². The van der Waals surface area contributed by atoms with Crippen molar-refractivity contribution in [1.82, 2.24) is 19.8 Å². The minimum Gasteiger partial charge on any atom is -0.337 e. The molecule has 2 atom stereocenters. The third-order valence-electron chi connectivity index (χ3n) is 6.26. The van der Waals surface area contributed by atoms with E-state index in [-0.39, 0.29) is 5.91 Å². The second-order valence-corrected chi connectivity index (χ2v) is 8.21. The van der Waals surface area contributed by atoms with Gasteiger partial charge in [-0.05, 0) is 57.9 Å². The zero-order valence-electron chi connectivity index (χ0n) is 17.2. The van der Waals surface area contributed by atoms with Crippen molar-refractivity contribution < 1.29 is 4.79 Å². The monoisotopic (exact) mass is 378 g/mol. The first-order valence-corrected chi connectivity index (χ1v) is 10.5. The van der Waals surface area contributed by atoms with E-state index in [1.54, 1.807) is 0 Å². The number of likely N-dealkylation sites (N-methyl/N-ethyl adjacent to an activating group) is 1. The van der Waals surface area contributed by atoms with Gasteiger partial charge in [-0.3, -0.25) is 9.69 Å². The molecule has 2 fully saturated rings. The second-order valence-electron chi connectivity index (χ2n) is 8.21. The standard InChI is InChI=1S/C23H30N4O/c1-4-5-19-14-22(25-16(2)24-19)17-6-8-18(9-7-17)23(28)27-13-12-20-10-11-21(15-27)26(20)3/h6-9,14,20-21H,4-5,10-13,15H2,1-3H3/t20-,21+/m0/s1. The van der Waals surface area contributed by atoms with E-state index in [0.717, 1.165) is 60.7 Å². The van der Waals surface area contributed by atoms with E-state index in [0.29, 0.717) is 12.1 Å². The third-order valence-corrected chi connectivity index (χ3v) is 6.26. The molecule has 2 aromatic rings. The Kier molecular flexibility index (Phi) is 5.44. The molecule has 0 saturated carbocycles. The van der Waals surface area contributed by atoms with Crippen molar-refractivity contribution in [2.45, 2.75) is 58.0 Å². The average Bonchev–Trinajstić information content (AvgIpc) is 2.93. The summed E-state index contributed by atoms with van der Waals surface area (Å²) in [5, 5.41) is 0. The number of nitrogens with zero attached hydrogens (tertiary/aromatic N) is 4. The Morgan fingerprint density at radius 1 is 1.11 bits per heavy atom. The number of benzene rings is 1. The Hall–Kier alpha value is -2.27. The molecule has 5 nitrogen and oxygen atoms in total. The van der Waals surface area contributed by atoms with Gasteiger partial charge in [0.15, 0.2) is 0 Å². The number of aromatic nitrogens is 2. The van der Waals surface area contributed by atoms with Crippen molar-refractivity contribution in [2.75, 3.05) is 20.1 Å². The van der Waals surface area contributed by atoms with Crippen molar-refractivity contribution >= 4 is 5.91 Å². The first-order valence-electron chi connectivity index (χ1n) is 10.5. The van der Waals surface area contributed by atoms with E-state index in [4.69, 9.17) is 0 Å². The van der Waals surface area contributed by atoms with Crippen molar-refractivity contribution in [3.05, 3.63) is 47.4 Å². The highest BCUT2D eigenvalue weighted by atomic mass is 16.2. The summed E-state index contributed by atoms with van der Waals surface area (Å²) in [5.74, 6) is 0.947. The molecule has 1 aromatic heterocycles. The molecule has 5 heteroatoms. The largest absolute Gasteiger partial charge is 0.337 e. The van der Waals surface area contributed by atoms with Crippen LogP contribution < -0.4 is 0 Å². The van der Waals surface area contributed by atoms with E-state index < -0.39 is 0 Å². The SMILES string of the molecule is CCCc1cc(-c2ccc(C(=O)N3CC[C@@H]4CC[C@H](C3)N4C)cc2)nc(C)n1. The number of hydrogen-bond acceptors (Lipinski definition) is 4. The van der Waals surface area contributed by atoms with Crippen LogP contribution >= 0.6 is 0 Å². The smallest absolute Gasteiger partial charge is 0.253 e. The second kappa shape index (κ2) is 8.00. The molecule has 2 aliphatic heterocycles. The molecule has 1 aromatic carbocycles. The van der Waals surface area contributed by atoms with Crippen molar-refractivity contribution in [3.8, 4) is 11.3 Å². The quantitative estimate of drug-likeness (QED) is 0.814. The van der Waals surface area contributed by atoms with Gasteiger partial charge in [-0.1, -0.05) is 25.5 Å². The van der Waals surface area contributed by atoms with Gasteiger partial charge in [-0.15, -0.1) is 0 Å². The predicted octanol–water partition coefficient (Wildman–Crippen LogP) is 3.71. The summed E-state index contributed by atoms with van der Waals surface area (Å²) in [4.78, 5) is 26.7. The lowest BCUT2D eigenvalue weighted by Crippen LogP contribution is -2.39. The molecule has 3 heterocycles. The number of carbonyl (C=O) groups excluding carboxylic acids is 1. The number of carbonyl (C=O) groups is 1. The summed E-state index contributed by atoms with van der Waals surface area (Å²) in [6.45, 7) is 5.80. The molecule has 1 amide bonds. The maximum Gasteiger partial charge on any atom is 0.253 e. The zero-order chi connectivity index (χ0) is 19.7. The minimum atomic E-state index is 0.151. The maximum absolute atomic E-state index is 13.1. The normalized spacial score (nSPS) is 22.3. The molecule has 2 aliphatic rings. The van der Waals surface area contributed by atoms with Gasteiger partial charge in [0.25, 0.3) is 5.91 Å². The van der Waals surface area contributed by atoms with Crippen molar-refractivity contribution in [1.29, 1.82) is 0 Å². The zero-order valence-corrected chi connectivity index (χ0v) is 17.2. The van der Waals surface area contributed by atoms with Crippen LogP contribution in [-0.2, 0) is 6.42 Å². The summed E-state index contributed by atoms with van der Waals surface area (Å²) in [5.41, 5.74) is 3.82. The fourth-order valence-corrected chi connectivity index (χ4v) is 4.62. The van der Waals surface area contributed by atoms with E-state index in [2.05, 4.69) is 34.9 Å². The summed E-state index contributed by atoms with van der Waals surface area (Å²) < 4.78 is 0. The van der Waals surface area contributed by atoms with Crippen LogP contribution in [0.3, 0.4) is 0 Å². The van der Waals surface area contributed by atoms with Gasteiger partial charge < -0.3 is 4.90 Å². The van der Waals surface area contributed by atoms with Crippen molar-refractivity contribution in [2.24, 2.45) is 0 Å². The van der Waals surface area contributed by atoms with Gasteiger partial charge in [-0.2, -0.15) is 0 Å². The van der Waals surface area contributed by atoms with Gasteiger partial charge >= 0.3 is 0 Å². The third kappa shape index (κ3) is 3.81. The molecule has 2 saturated heterocycles. The molecule has 2 bridgehead atoms. The van der Waals surface area contributed by atoms with Gasteiger partial charge in [0.05, 0.1) is 5.69 Å². The van der Waals surface area contributed by atoms with E-state index >= 15 is 0 Å². The molecule has 4 rings (SSSR count). The molecular weight excluding hydrogens is 348 g/mol. The van der Waals surface area contributed by atoms with Crippen LogP contribution in [-0.4, -0.2) is 57.9 Å². The van der Waals surface area contributed by atoms with E-state index in [1.807, 2.05) is 36.1 Å². The Morgan fingerprint density at radius 3 is 2.61 bits per heavy atom. The lowest BCUT2D eigenvalue weighted by molar-refractivity contribution is 0.0740. The highest BCUT2D eigenvalue weighted by molar-refractivity contribution is 5.94. The molecule has 0 radical (unpaired) electrons. The molecular formula is C23H30N4O. The number of likely N-dealkylation sites (tertiary alicyclic amines) is 1. The summed E-state index contributed by atoms with van der Waals surface area (Å²) in [6, 6.07) is 11.1. The molecule has 0 unspecified atom stereocenters. The number of hydrogen-bond donors (Lipinski definition) is 0. The lowest BCUT2D eigenvalue weighted by Gasteiger charge is -2.26. The Balaban J connectivity index is 1.51. The Morgan fingerprint density at radius 2 is 1.86 bits per heavy atom. The Bertz CT molecular complexity index is 848. The summed E-state index contributed by atoms with van der Waals surface area (Å²) >= 11 is 0. The first-order chi connectivity index (χ1) is 13.5. The first kappa shape index (κ1) is 19.1. The van der Waals surface area contributed by atoms with Gasteiger partial charge in [-0.25, -0.2) is 9.97 Å². The van der Waals surface area contributed by atoms with Crippen LogP contribution in [0, 0.1) is 6.92 Å². The number of fused-ring (bicyclic) bond motifs is 2. The fourth-order valence-electron chi connectivity index (χ4n) is 4.62. The number of amides is 1. The number of aryl methyl sites for hydroxylation is 2. The fraction of sp³-hybridized carbons (Fsp3) is 0.522. The molecule has 0 N–H and O–H groups in total. The molecule has 0 aliphatic carbocycles. The molecule has 148 valence electrons. The molecule has 0 spiro atoms. The van der Waals surface area contributed by atoms with Crippen LogP contribution in [0.5, 0.6) is 0 Å². The summed E-state index contributed by atoms with van der Waals surface area (Å²) in [7, 11) is 2.21. The summed E-state index contributed by atoms with van der Waals surface area (Å²) in [6.07, 6.45) is 5.58. The van der Waals surface area contributed by atoms with E-state index in [9.17, 15) is 4.79 Å². The lowest BCUT2D eigenvalue weighted by atomic mass is 10.0. The van der Waals surface area contributed by atoms with Gasteiger partial charge in [0.1, 0.15) is 5.82 Å². The predicted molar refractivity (Wildman–Crippen MR) is 111 cm³/mol. The van der Waals surface area contributed by atoms with Crippen LogP contribution in [0.4, 0.5) is 0 Å². The average molecular weight is 379 g/mol. The van der Waals surface area contributed by atoms with Crippen LogP contribution in [0.1, 0.15) is 54.5 Å². The van der Waals surface area contributed by atoms with Gasteiger partial charge in [0, 0.05) is 42.0 Å². The highest BCUT2D eigenvalue weighted by Crippen LogP contribution is 2.29. The van der Waals surface area contributed by atoms with Crippen molar-refractivity contribution in [3.63, 3.8) is 0 Å². The van der Waals surface area contributed by atoms with E-state index in [1.165, 1.54) is 12.8 Å². The molecule has 28 heavy (non-hydrogen) atoms. The Labute approximate surface area is 167 Å². The highest BCUT2D eigenvalue weighted by Gasteiger charge is 2.36. The van der Waals surface area contributed by atoms with Crippen LogP contribution in [0.25, 0.3) is 11.3 Å². The minimum absolute atomic E-state index is 0.151. The maximum atomic E-state index is 13.1. The van der Waals surface area contributed by atoms with Gasteiger partial charge in [0.2, 0.25) is 0 Å².